The highest BCUT2D eigenvalue weighted by molar-refractivity contribution is 7.17. The molecule has 9 nitrogen and oxygen atoms in total. The van der Waals surface area contributed by atoms with Crippen LogP contribution >= 0.6 is 11.3 Å². The number of amides is 1. The van der Waals surface area contributed by atoms with E-state index in [2.05, 4.69) is 43.8 Å². The molecule has 10 heteroatoms. The molecule has 6 rings (SSSR count). The van der Waals surface area contributed by atoms with Crippen molar-refractivity contribution in [2.45, 2.75) is 32.4 Å². The standard InChI is InChI=1S/C25H30N8OS/c1-16-12-26-8-10-32(16)24-28-18-7-11-35-21(18)22(29-24)31-14-17(15-31)23(34)30-25(2,3)19-13-27-20-6-4-5-9-33(19)20/h4-7,9,11,13,16-17,26H,8,10,12,14-15H2,1-3H3,(H,30,34)/t16-/m0/s1. The third-order valence-corrected chi connectivity index (χ3v) is 7.98. The number of pyridine rings is 1. The van der Waals surface area contributed by atoms with Crippen LogP contribution in [0.3, 0.4) is 0 Å². The van der Waals surface area contributed by atoms with E-state index in [1.807, 2.05) is 48.8 Å². The minimum Gasteiger partial charge on any atom is -0.354 e. The topological polar surface area (TPSA) is 90.7 Å². The van der Waals surface area contributed by atoms with Gasteiger partial charge in [0.15, 0.2) is 5.82 Å². The van der Waals surface area contributed by atoms with E-state index in [1.54, 1.807) is 11.3 Å². The first-order valence-corrected chi connectivity index (χ1v) is 13.0. The summed E-state index contributed by atoms with van der Waals surface area (Å²) in [5, 5.41) is 8.75. The zero-order valence-electron chi connectivity index (χ0n) is 20.2. The highest BCUT2D eigenvalue weighted by atomic mass is 32.1. The summed E-state index contributed by atoms with van der Waals surface area (Å²) in [6.07, 6.45) is 3.82. The summed E-state index contributed by atoms with van der Waals surface area (Å²) in [6, 6.07) is 8.30. The number of fused-ring (bicyclic) bond motifs is 2. The fourth-order valence-electron chi connectivity index (χ4n) is 5.00. The van der Waals surface area contributed by atoms with Gasteiger partial charge in [-0.05, 0) is 44.4 Å². The summed E-state index contributed by atoms with van der Waals surface area (Å²) < 4.78 is 3.11. The van der Waals surface area contributed by atoms with E-state index in [0.29, 0.717) is 19.1 Å². The number of rotatable bonds is 5. The molecule has 0 aliphatic carbocycles. The van der Waals surface area contributed by atoms with Gasteiger partial charge in [-0.1, -0.05) is 6.07 Å². The van der Waals surface area contributed by atoms with Crippen LogP contribution in [-0.2, 0) is 10.3 Å². The van der Waals surface area contributed by atoms with E-state index in [0.717, 1.165) is 53.0 Å². The molecule has 2 N–H and O–H groups in total. The van der Waals surface area contributed by atoms with E-state index >= 15 is 0 Å². The predicted molar refractivity (Wildman–Crippen MR) is 139 cm³/mol. The molecular formula is C25H30N8OS. The van der Waals surface area contributed by atoms with Crippen LogP contribution in [0.25, 0.3) is 15.9 Å². The molecule has 6 heterocycles. The largest absolute Gasteiger partial charge is 0.354 e. The lowest BCUT2D eigenvalue weighted by molar-refractivity contribution is -0.127. The molecule has 35 heavy (non-hydrogen) atoms. The molecule has 2 fully saturated rings. The smallest absolute Gasteiger partial charge is 0.228 e. The summed E-state index contributed by atoms with van der Waals surface area (Å²) in [6.45, 7) is 10.3. The highest BCUT2D eigenvalue weighted by Gasteiger charge is 2.38. The Morgan fingerprint density at radius 3 is 2.91 bits per heavy atom. The van der Waals surface area contributed by atoms with E-state index in [-0.39, 0.29) is 11.8 Å². The van der Waals surface area contributed by atoms with Crippen LogP contribution in [0.15, 0.2) is 42.0 Å². The molecule has 0 bridgehead atoms. The molecular weight excluding hydrogens is 460 g/mol. The van der Waals surface area contributed by atoms with Crippen molar-refractivity contribution in [3.05, 3.63) is 47.7 Å². The van der Waals surface area contributed by atoms with Gasteiger partial charge in [0.1, 0.15) is 5.65 Å². The van der Waals surface area contributed by atoms with Crippen LogP contribution in [0.4, 0.5) is 11.8 Å². The fourth-order valence-corrected chi connectivity index (χ4v) is 5.85. The van der Waals surface area contributed by atoms with Crippen LogP contribution in [0.2, 0.25) is 0 Å². The van der Waals surface area contributed by atoms with Gasteiger partial charge in [0, 0.05) is 45.0 Å². The average molecular weight is 491 g/mol. The molecule has 4 aromatic rings. The van der Waals surface area contributed by atoms with E-state index in [4.69, 9.17) is 9.97 Å². The van der Waals surface area contributed by atoms with Crippen LogP contribution < -0.4 is 20.4 Å². The summed E-state index contributed by atoms with van der Waals surface area (Å²) in [7, 11) is 0. The van der Waals surface area contributed by atoms with Gasteiger partial charge < -0.3 is 24.8 Å². The van der Waals surface area contributed by atoms with Crippen molar-refractivity contribution in [3.63, 3.8) is 0 Å². The second kappa shape index (κ2) is 8.46. The molecule has 0 radical (unpaired) electrons. The van der Waals surface area contributed by atoms with Crippen LogP contribution in [0.5, 0.6) is 0 Å². The molecule has 0 saturated carbocycles. The van der Waals surface area contributed by atoms with Gasteiger partial charge in [0.05, 0.1) is 33.6 Å². The van der Waals surface area contributed by atoms with Gasteiger partial charge in [0.25, 0.3) is 0 Å². The number of carbonyl (C=O) groups excluding carboxylic acids is 1. The Balaban J connectivity index is 1.19. The summed E-state index contributed by atoms with van der Waals surface area (Å²) in [5.74, 6) is 1.70. The summed E-state index contributed by atoms with van der Waals surface area (Å²) >= 11 is 1.66. The number of anilines is 2. The van der Waals surface area contributed by atoms with Crippen LogP contribution in [0, 0.1) is 5.92 Å². The minimum absolute atomic E-state index is 0.0598. The van der Waals surface area contributed by atoms with Crippen molar-refractivity contribution in [1.82, 2.24) is 30.0 Å². The summed E-state index contributed by atoms with van der Waals surface area (Å²) in [4.78, 5) is 32.0. The maximum atomic E-state index is 13.2. The normalized spacial score (nSPS) is 19.3. The van der Waals surface area contributed by atoms with Gasteiger partial charge in [-0.3, -0.25) is 4.79 Å². The number of piperazine rings is 1. The van der Waals surface area contributed by atoms with Crippen LogP contribution in [0.1, 0.15) is 26.5 Å². The van der Waals surface area contributed by atoms with Gasteiger partial charge in [-0.2, -0.15) is 4.98 Å². The van der Waals surface area contributed by atoms with E-state index < -0.39 is 5.54 Å². The predicted octanol–water partition coefficient (Wildman–Crippen LogP) is 2.62. The Morgan fingerprint density at radius 1 is 1.23 bits per heavy atom. The second-order valence-electron chi connectivity index (χ2n) is 10.0. The first-order chi connectivity index (χ1) is 16.9. The number of nitrogens with one attached hydrogen (secondary N) is 2. The number of imidazole rings is 1. The Bertz CT molecular complexity index is 1390. The van der Waals surface area contributed by atoms with Crippen molar-refractivity contribution < 1.29 is 4.79 Å². The van der Waals surface area contributed by atoms with Crippen molar-refractivity contribution in [2.75, 3.05) is 42.5 Å². The third-order valence-electron chi connectivity index (χ3n) is 7.08. The number of hydrogen-bond acceptors (Lipinski definition) is 8. The molecule has 1 atom stereocenters. The molecule has 0 spiro atoms. The molecule has 182 valence electrons. The monoisotopic (exact) mass is 490 g/mol. The highest BCUT2D eigenvalue weighted by Crippen LogP contribution is 2.35. The van der Waals surface area contributed by atoms with Crippen molar-refractivity contribution in [1.29, 1.82) is 0 Å². The average Bonchev–Trinajstić information content (AvgIpc) is 3.45. The first-order valence-electron chi connectivity index (χ1n) is 12.1. The Labute approximate surface area is 208 Å². The number of thiophene rings is 1. The van der Waals surface area contributed by atoms with Crippen molar-refractivity contribution in [3.8, 4) is 0 Å². The number of carbonyl (C=O) groups is 1. The molecule has 2 aliphatic heterocycles. The molecule has 4 aromatic heterocycles. The number of nitrogens with zero attached hydrogens (tertiary/aromatic N) is 6. The lowest BCUT2D eigenvalue weighted by Gasteiger charge is -2.41. The lowest BCUT2D eigenvalue weighted by Crippen LogP contribution is -2.57. The minimum atomic E-state index is -0.542. The Morgan fingerprint density at radius 2 is 2.09 bits per heavy atom. The number of hydrogen-bond donors (Lipinski definition) is 2. The fraction of sp³-hybridized carbons (Fsp3) is 0.440. The molecule has 2 saturated heterocycles. The van der Waals surface area contributed by atoms with E-state index in [9.17, 15) is 4.79 Å². The Kier molecular flexibility index (Phi) is 5.37. The van der Waals surface area contributed by atoms with Crippen LogP contribution in [-0.4, -0.2) is 64.0 Å². The molecule has 2 aliphatic rings. The molecule has 0 aromatic carbocycles. The van der Waals surface area contributed by atoms with Crippen molar-refractivity contribution >= 4 is 44.9 Å². The quantitative estimate of drug-likeness (QED) is 0.444. The molecule has 0 unspecified atom stereocenters. The zero-order valence-corrected chi connectivity index (χ0v) is 21.0. The zero-order chi connectivity index (χ0) is 24.2. The van der Waals surface area contributed by atoms with Crippen molar-refractivity contribution in [2.24, 2.45) is 5.92 Å². The maximum Gasteiger partial charge on any atom is 0.228 e. The number of aromatic nitrogens is 4. The van der Waals surface area contributed by atoms with E-state index in [1.165, 1.54) is 0 Å². The van der Waals surface area contributed by atoms with Gasteiger partial charge in [0.2, 0.25) is 11.9 Å². The lowest BCUT2D eigenvalue weighted by atomic mass is 9.95. The summed E-state index contributed by atoms with van der Waals surface area (Å²) in [5.41, 5.74) is 2.27. The molecule has 1 amide bonds. The first kappa shape index (κ1) is 22.2. The van der Waals surface area contributed by atoms with Gasteiger partial charge in [-0.25, -0.2) is 9.97 Å². The van der Waals surface area contributed by atoms with Gasteiger partial charge >= 0.3 is 0 Å². The maximum absolute atomic E-state index is 13.2. The van der Waals surface area contributed by atoms with Gasteiger partial charge in [-0.15, -0.1) is 11.3 Å². The SMILES string of the molecule is C[C@H]1CNCCN1c1nc(N2CC(C(=O)NC(C)(C)c3cnc4ccccn34)C2)c2sccc2n1. The second-order valence-corrected chi connectivity index (χ2v) is 10.9. The third kappa shape index (κ3) is 3.90. The Hall–Kier alpha value is -3.24.